The first-order valence-electron chi connectivity index (χ1n) is 5.03. The Bertz CT molecular complexity index is 329. The van der Waals surface area contributed by atoms with Crippen molar-refractivity contribution in [1.82, 2.24) is 4.90 Å². The Kier molecular flexibility index (Phi) is 3.93. The van der Waals surface area contributed by atoms with E-state index >= 15 is 0 Å². The Morgan fingerprint density at radius 1 is 1.27 bits per heavy atom. The van der Waals surface area contributed by atoms with E-state index in [4.69, 9.17) is 5.73 Å². The van der Waals surface area contributed by atoms with Crippen molar-refractivity contribution in [3.63, 3.8) is 0 Å². The van der Waals surface area contributed by atoms with Crippen molar-refractivity contribution in [2.45, 2.75) is 25.4 Å². The second-order valence-electron chi connectivity index (χ2n) is 4.71. The lowest BCUT2D eigenvalue weighted by Crippen LogP contribution is -2.46. The van der Waals surface area contributed by atoms with Crippen LogP contribution in [-0.4, -0.2) is 24.5 Å². The fourth-order valence-corrected chi connectivity index (χ4v) is 2.54. The summed E-state index contributed by atoms with van der Waals surface area (Å²) in [7, 11) is 4.11. The van der Waals surface area contributed by atoms with E-state index in [-0.39, 0.29) is 11.6 Å². The zero-order valence-electron chi connectivity index (χ0n) is 9.79. The molecular weight excluding hydrogens is 252 g/mol. The van der Waals surface area contributed by atoms with Gasteiger partial charge in [-0.3, -0.25) is 0 Å². The molecule has 84 valence electrons. The van der Waals surface area contributed by atoms with Crippen molar-refractivity contribution in [2.75, 3.05) is 14.1 Å². The summed E-state index contributed by atoms with van der Waals surface area (Å²) in [5, 5.41) is 0. The van der Waals surface area contributed by atoms with Crippen LogP contribution in [0.15, 0.2) is 28.7 Å². The summed E-state index contributed by atoms with van der Waals surface area (Å²) in [4.78, 5) is 2.15. The molecule has 1 aromatic carbocycles. The summed E-state index contributed by atoms with van der Waals surface area (Å²) in [6.07, 6.45) is 0. The molecule has 0 amide bonds. The van der Waals surface area contributed by atoms with Gasteiger partial charge in [0.15, 0.2) is 0 Å². The first-order chi connectivity index (χ1) is 6.84. The van der Waals surface area contributed by atoms with Crippen molar-refractivity contribution < 1.29 is 0 Å². The van der Waals surface area contributed by atoms with E-state index < -0.39 is 0 Å². The van der Waals surface area contributed by atoms with Gasteiger partial charge in [0, 0.05) is 10.0 Å². The van der Waals surface area contributed by atoms with E-state index in [1.54, 1.807) is 0 Å². The third-order valence-electron chi connectivity index (χ3n) is 2.42. The Morgan fingerprint density at radius 2 is 1.80 bits per heavy atom. The number of benzene rings is 1. The van der Waals surface area contributed by atoms with Crippen LogP contribution in [0.1, 0.15) is 25.5 Å². The van der Waals surface area contributed by atoms with E-state index in [9.17, 15) is 0 Å². The summed E-state index contributed by atoms with van der Waals surface area (Å²) in [5.74, 6) is 0. The van der Waals surface area contributed by atoms with Crippen molar-refractivity contribution in [3.8, 4) is 0 Å². The van der Waals surface area contributed by atoms with E-state index in [0.29, 0.717) is 0 Å². The summed E-state index contributed by atoms with van der Waals surface area (Å²) in [5.41, 5.74) is 7.18. The molecule has 0 bridgehead atoms. The molecule has 2 N–H and O–H groups in total. The van der Waals surface area contributed by atoms with Gasteiger partial charge < -0.3 is 10.6 Å². The molecule has 0 radical (unpaired) electrons. The normalized spacial score (nSPS) is 14.3. The van der Waals surface area contributed by atoms with Gasteiger partial charge in [0.1, 0.15) is 0 Å². The highest BCUT2D eigenvalue weighted by Gasteiger charge is 2.29. The van der Waals surface area contributed by atoms with Gasteiger partial charge in [0.05, 0.1) is 6.04 Å². The maximum atomic E-state index is 6.22. The Morgan fingerprint density at radius 3 is 2.20 bits per heavy atom. The second kappa shape index (κ2) is 4.64. The van der Waals surface area contributed by atoms with Crippen molar-refractivity contribution in [3.05, 3.63) is 34.3 Å². The van der Waals surface area contributed by atoms with Crippen LogP contribution in [0, 0.1) is 0 Å². The summed E-state index contributed by atoms with van der Waals surface area (Å²) >= 11 is 3.58. The van der Waals surface area contributed by atoms with E-state index in [0.717, 1.165) is 4.47 Å². The molecule has 1 unspecified atom stereocenters. The molecule has 0 spiro atoms. The topological polar surface area (TPSA) is 29.3 Å². The van der Waals surface area contributed by atoms with E-state index in [1.807, 2.05) is 12.1 Å². The van der Waals surface area contributed by atoms with Crippen molar-refractivity contribution >= 4 is 15.9 Å². The van der Waals surface area contributed by atoms with Gasteiger partial charge in [0.2, 0.25) is 0 Å². The largest absolute Gasteiger partial charge is 0.324 e. The van der Waals surface area contributed by atoms with E-state index in [1.165, 1.54) is 5.56 Å². The predicted octanol–water partition coefficient (Wildman–Crippen LogP) is 2.79. The van der Waals surface area contributed by atoms with Crippen LogP contribution in [0.4, 0.5) is 0 Å². The van der Waals surface area contributed by atoms with Gasteiger partial charge >= 0.3 is 0 Å². The van der Waals surface area contributed by atoms with Crippen LogP contribution < -0.4 is 5.73 Å². The molecule has 0 aromatic heterocycles. The van der Waals surface area contributed by atoms with Crippen LogP contribution in [0.3, 0.4) is 0 Å². The molecule has 0 aliphatic heterocycles. The summed E-state index contributed by atoms with van der Waals surface area (Å²) in [6, 6.07) is 8.43. The number of nitrogens with two attached hydrogens (primary N) is 1. The van der Waals surface area contributed by atoms with Crippen LogP contribution in [0.2, 0.25) is 0 Å². The van der Waals surface area contributed by atoms with Crippen LogP contribution in [0.5, 0.6) is 0 Å². The minimum absolute atomic E-state index is 0.202. The lowest BCUT2D eigenvalue weighted by molar-refractivity contribution is 0.204. The van der Waals surface area contributed by atoms with Gasteiger partial charge in [-0.1, -0.05) is 34.1 Å². The molecule has 0 saturated heterocycles. The number of hydrogen-bond donors (Lipinski definition) is 1. The predicted molar refractivity (Wildman–Crippen MR) is 68.8 cm³/mol. The molecule has 2 nitrogen and oxygen atoms in total. The molecule has 0 fully saturated rings. The summed E-state index contributed by atoms with van der Waals surface area (Å²) < 4.78 is 1.11. The molecule has 3 heteroatoms. The third kappa shape index (κ3) is 3.03. The molecule has 1 rings (SSSR count). The summed E-state index contributed by atoms with van der Waals surface area (Å²) in [6.45, 7) is 4.11. The average molecular weight is 271 g/mol. The second-order valence-corrected chi connectivity index (χ2v) is 5.56. The molecule has 0 aliphatic rings. The molecule has 15 heavy (non-hydrogen) atoms. The maximum Gasteiger partial charge on any atom is 0.0528 e. The number of rotatable bonds is 3. The van der Waals surface area contributed by atoms with Crippen LogP contribution in [-0.2, 0) is 0 Å². The highest BCUT2D eigenvalue weighted by Crippen LogP contribution is 2.32. The highest BCUT2D eigenvalue weighted by atomic mass is 79.9. The Balaban J connectivity index is 3.17. The number of hydrogen-bond acceptors (Lipinski definition) is 2. The minimum atomic E-state index is -0.270. The van der Waals surface area contributed by atoms with E-state index in [2.05, 4.69) is 60.9 Å². The van der Waals surface area contributed by atoms with Crippen molar-refractivity contribution in [2.24, 2.45) is 5.73 Å². The zero-order valence-corrected chi connectivity index (χ0v) is 11.4. The number of nitrogens with zero attached hydrogens (tertiary/aromatic N) is 1. The van der Waals surface area contributed by atoms with Crippen LogP contribution in [0.25, 0.3) is 0 Å². The molecule has 1 aromatic rings. The number of halogens is 1. The maximum absolute atomic E-state index is 6.22. The standard InChI is InChI=1S/C12H19BrN2/c1-12(2,14)11(15(3)4)9-7-5-6-8-10(9)13/h5-8,11H,14H2,1-4H3. The van der Waals surface area contributed by atoms with Gasteiger partial charge in [-0.05, 0) is 39.6 Å². The zero-order chi connectivity index (χ0) is 11.6. The molecule has 0 heterocycles. The lowest BCUT2D eigenvalue weighted by Gasteiger charge is -2.36. The smallest absolute Gasteiger partial charge is 0.0528 e. The first kappa shape index (κ1) is 12.7. The van der Waals surface area contributed by atoms with Gasteiger partial charge in [0.25, 0.3) is 0 Å². The van der Waals surface area contributed by atoms with Crippen LogP contribution >= 0.6 is 15.9 Å². The number of likely N-dealkylation sites (N-methyl/N-ethyl adjacent to an activating group) is 1. The lowest BCUT2D eigenvalue weighted by atomic mass is 9.89. The van der Waals surface area contributed by atoms with Gasteiger partial charge in [-0.25, -0.2) is 0 Å². The Hall–Kier alpha value is -0.380. The molecule has 0 saturated carbocycles. The highest BCUT2D eigenvalue weighted by molar-refractivity contribution is 9.10. The first-order valence-corrected chi connectivity index (χ1v) is 5.83. The average Bonchev–Trinajstić information content (AvgIpc) is 2.05. The van der Waals surface area contributed by atoms with Gasteiger partial charge in [-0.15, -0.1) is 0 Å². The monoisotopic (exact) mass is 270 g/mol. The Labute approximate surface area is 101 Å². The fraction of sp³-hybridized carbons (Fsp3) is 0.500. The van der Waals surface area contributed by atoms with Crippen molar-refractivity contribution in [1.29, 1.82) is 0 Å². The molecular formula is C12H19BrN2. The fourth-order valence-electron chi connectivity index (χ4n) is 2.04. The third-order valence-corrected chi connectivity index (χ3v) is 3.14. The SMILES string of the molecule is CN(C)C(c1ccccc1Br)C(C)(C)N. The molecule has 0 aliphatic carbocycles. The van der Waals surface area contributed by atoms with Gasteiger partial charge in [-0.2, -0.15) is 0 Å². The quantitative estimate of drug-likeness (QED) is 0.916. The molecule has 1 atom stereocenters. The minimum Gasteiger partial charge on any atom is -0.324 e.